The quantitative estimate of drug-likeness (QED) is 0.170. The zero-order chi connectivity index (χ0) is 40.3. The number of nitrogens with zero attached hydrogens (tertiary/aromatic N) is 4. The molecule has 57 heavy (non-hydrogen) atoms. The average molecular weight is 741 g/mol. The minimum absolute atomic E-state index is 0.0460. The maximum absolute atomic E-state index is 9.55. The Morgan fingerprint density at radius 1 is 0.439 bits per heavy atom. The van der Waals surface area contributed by atoms with Crippen LogP contribution in [0.4, 0.5) is 34.1 Å². The second kappa shape index (κ2) is 13.8. The second-order valence-corrected chi connectivity index (χ2v) is 17.8. The van der Waals surface area contributed by atoms with Crippen LogP contribution < -0.4 is 9.80 Å². The molecule has 0 bridgehead atoms. The Hall–Kier alpha value is -6.62. The monoisotopic (exact) mass is 740 g/mol. The normalized spacial score (nSPS) is 13.0. The lowest BCUT2D eigenvalue weighted by atomic mass is 9.80. The number of benzene rings is 7. The van der Waals surface area contributed by atoms with Crippen molar-refractivity contribution in [3.8, 4) is 23.3 Å². The van der Waals surface area contributed by atoms with Crippen LogP contribution >= 0.6 is 0 Å². The fraction of sp³-hybridized carbons (Fsp3) is 0.208. The van der Waals surface area contributed by atoms with Crippen LogP contribution in [0.3, 0.4) is 0 Å². The van der Waals surface area contributed by atoms with Gasteiger partial charge >= 0.3 is 0 Å². The fourth-order valence-electron chi connectivity index (χ4n) is 8.40. The Labute approximate surface area is 337 Å². The van der Waals surface area contributed by atoms with Crippen molar-refractivity contribution in [1.82, 2.24) is 0 Å². The van der Waals surface area contributed by atoms with Crippen molar-refractivity contribution < 1.29 is 0 Å². The van der Waals surface area contributed by atoms with Gasteiger partial charge in [0.15, 0.2) is 0 Å². The van der Waals surface area contributed by atoms with Crippen molar-refractivity contribution in [3.63, 3.8) is 0 Å². The molecule has 0 atom stereocenters. The summed E-state index contributed by atoms with van der Waals surface area (Å²) >= 11 is 0. The number of nitriles is 2. The van der Waals surface area contributed by atoms with E-state index in [2.05, 4.69) is 174 Å². The Kier molecular flexibility index (Phi) is 9.06. The molecule has 0 aliphatic heterocycles. The predicted octanol–water partition coefficient (Wildman–Crippen LogP) is 14.4. The van der Waals surface area contributed by atoms with E-state index in [1.54, 1.807) is 0 Å². The molecule has 0 saturated heterocycles. The lowest BCUT2D eigenvalue weighted by Gasteiger charge is -2.29. The van der Waals surface area contributed by atoms with Gasteiger partial charge in [0.1, 0.15) is 0 Å². The van der Waals surface area contributed by atoms with E-state index in [1.165, 1.54) is 44.2 Å². The molecule has 7 aromatic carbocycles. The molecule has 4 heteroatoms. The molecule has 1 aliphatic rings. The number of hydrogen-bond acceptors (Lipinski definition) is 4. The highest BCUT2D eigenvalue weighted by molar-refractivity contribution is 6.00. The van der Waals surface area contributed by atoms with E-state index in [0.29, 0.717) is 11.1 Å². The molecule has 1 aliphatic carbocycles. The fourth-order valence-corrected chi connectivity index (χ4v) is 8.40. The van der Waals surface area contributed by atoms with E-state index in [4.69, 9.17) is 0 Å². The highest BCUT2D eigenvalue weighted by atomic mass is 15.1. The summed E-state index contributed by atoms with van der Waals surface area (Å²) < 4.78 is 0. The number of rotatable bonds is 6. The summed E-state index contributed by atoms with van der Waals surface area (Å²) in [5.41, 5.74) is 15.1. The van der Waals surface area contributed by atoms with Crippen LogP contribution in [-0.4, -0.2) is 0 Å². The van der Waals surface area contributed by atoms with Crippen molar-refractivity contribution in [2.75, 3.05) is 9.80 Å². The van der Waals surface area contributed by atoms with Gasteiger partial charge in [0.2, 0.25) is 0 Å². The van der Waals surface area contributed by atoms with Crippen molar-refractivity contribution >= 4 is 44.9 Å². The van der Waals surface area contributed by atoms with Crippen LogP contribution in [0.2, 0.25) is 0 Å². The van der Waals surface area contributed by atoms with Gasteiger partial charge in [0, 0.05) is 39.5 Å². The third-order valence-electron chi connectivity index (χ3n) is 11.6. The first kappa shape index (κ1) is 37.3. The molecule has 7 aromatic rings. The Morgan fingerprint density at radius 3 is 1.26 bits per heavy atom. The second-order valence-electron chi connectivity index (χ2n) is 17.8. The van der Waals surface area contributed by atoms with Gasteiger partial charge in [-0.3, -0.25) is 0 Å². The molecular formula is C53H48N4. The third kappa shape index (κ3) is 6.73. The SMILES string of the molecule is CC(C)(C)c1ccc(N(c2ccc(C#N)cc2)c2ccc3c(c2)C(C)(C)c2c-3ccc3cc(N(c4ccc(C#N)cc4)c4ccc(C(C)(C)C)cc4)ccc23)cc1. The summed E-state index contributed by atoms with van der Waals surface area (Å²) in [6.07, 6.45) is 0. The van der Waals surface area contributed by atoms with E-state index >= 15 is 0 Å². The lowest BCUT2D eigenvalue weighted by Crippen LogP contribution is -2.17. The van der Waals surface area contributed by atoms with Crippen LogP contribution in [0, 0.1) is 22.7 Å². The van der Waals surface area contributed by atoms with Crippen LogP contribution in [0.15, 0.2) is 146 Å². The molecule has 0 radical (unpaired) electrons. The lowest BCUT2D eigenvalue weighted by molar-refractivity contribution is 0.590. The van der Waals surface area contributed by atoms with Crippen LogP contribution in [0.1, 0.15) is 88.8 Å². The maximum Gasteiger partial charge on any atom is 0.0991 e. The van der Waals surface area contributed by atoms with Gasteiger partial charge in [0.25, 0.3) is 0 Å². The van der Waals surface area contributed by atoms with Gasteiger partial charge in [-0.05, 0) is 152 Å². The highest BCUT2D eigenvalue weighted by Crippen LogP contribution is 2.53. The van der Waals surface area contributed by atoms with Crippen LogP contribution in [0.25, 0.3) is 21.9 Å². The molecule has 280 valence electrons. The number of hydrogen-bond donors (Lipinski definition) is 0. The summed E-state index contributed by atoms with van der Waals surface area (Å²) in [6, 6.07) is 56.2. The summed E-state index contributed by atoms with van der Waals surface area (Å²) in [4.78, 5) is 4.57. The molecule has 0 spiro atoms. The summed E-state index contributed by atoms with van der Waals surface area (Å²) in [5, 5.41) is 21.5. The molecular weight excluding hydrogens is 693 g/mol. The molecule has 4 nitrogen and oxygen atoms in total. The molecule has 0 heterocycles. The molecule has 0 unspecified atom stereocenters. The topological polar surface area (TPSA) is 54.1 Å². The van der Waals surface area contributed by atoms with Crippen LogP contribution in [0.5, 0.6) is 0 Å². The van der Waals surface area contributed by atoms with E-state index in [-0.39, 0.29) is 16.2 Å². The van der Waals surface area contributed by atoms with E-state index in [9.17, 15) is 10.5 Å². The Morgan fingerprint density at radius 2 is 0.825 bits per heavy atom. The summed E-state index contributed by atoms with van der Waals surface area (Å²) in [6.45, 7) is 18.1. The molecule has 0 N–H and O–H groups in total. The van der Waals surface area contributed by atoms with Gasteiger partial charge in [-0.2, -0.15) is 10.5 Å². The maximum atomic E-state index is 9.55. The molecule has 0 saturated carbocycles. The first-order valence-corrected chi connectivity index (χ1v) is 19.7. The van der Waals surface area contributed by atoms with Crippen molar-refractivity contribution in [2.24, 2.45) is 0 Å². The third-order valence-corrected chi connectivity index (χ3v) is 11.6. The summed E-state index contributed by atoms with van der Waals surface area (Å²) in [5.74, 6) is 0. The minimum Gasteiger partial charge on any atom is -0.310 e. The molecule has 0 fully saturated rings. The van der Waals surface area contributed by atoms with E-state index in [0.717, 1.165) is 34.1 Å². The van der Waals surface area contributed by atoms with E-state index < -0.39 is 0 Å². The smallest absolute Gasteiger partial charge is 0.0991 e. The van der Waals surface area contributed by atoms with Gasteiger partial charge in [-0.25, -0.2) is 0 Å². The molecule has 0 aromatic heterocycles. The van der Waals surface area contributed by atoms with Crippen molar-refractivity contribution in [1.29, 1.82) is 10.5 Å². The van der Waals surface area contributed by atoms with E-state index in [1.807, 2.05) is 48.5 Å². The van der Waals surface area contributed by atoms with Gasteiger partial charge in [-0.1, -0.05) is 104 Å². The molecule has 8 rings (SSSR count). The minimum atomic E-state index is -0.274. The van der Waals surface area contributed by atoms with Crippen LogP contribution in [-0.2, 0) is 16.2 Å². The highest BCUT2D eigenvalue weighted by Gasteiger charge is 2.37. The number of anilines is 6. The largest absolute Gasteiger partial charge is 0.310 e. The zero-order valence-electron chi connectivity index (χ0n) is 34.1. The average Bonchev–Trinajstić information content (AvgIpc) is 3.44. The first-order valence-electron chi connectivity index (χ1n) is 19.7. The Balaban J connectivity index is 1.22. The van der Waals surface area contributed by atoms with Crippen molar-refractivity contribution in [2.45, 2.75) is 71.6 Å². The first-order chi connectivity index (χ1) is 27.2. The number of fused-ring (bicyclic) bond motifs is 5. The molecule has 0 amide bonds. The van der Waals surface area contributed by atoms with Crippen molar-refractivity contribution in [3.05, 3.63) is 179 Å². The standard InChI is InChI=1S/C53H48N4/c1-51(2,3)38-14-22-42(23-15-38)56(40-18-9-35(33-54)10-19-40)44-26-29-46-37(31-44)13-28-48-47-30-27-45(32-49(47)53(7,8)50(46)48)57(41-20-11-36(34-55)12-21-41)43-24-16-39(17-25-43)52(4,5)6/h9-32H,1-8H3. The van der Waals surface area contributed by atoms with Gasteiger partial charge in [0.05, 0.1) is 23.3 Å². The Bertz CT molecular complexity index is 2710. The zero-order valence-corrected chi connectivity index (χ0v) is 34.1. The predicted molar refractivity (Wildman–Crippen MR) is 238 cm³/mol. The summed E-state index contributed by atoms with van der Waals surface area (Å²) in [7, 11) is 0. The van der Waals surface area contributed by atoms with Gasteiger partial charge < -0.3 is 9.80 Å². The van der Waals surface area contributed by atoms with Gasteiger partial charge in [-0.15, -0.1) is 0 Å².